The van der Waals surface area contributed by atoms with Crippen molar-refractivity contribution >= 4 is 23.0 Å². The number of hydrogen-bond donors (Lipinski definition) is 2. The topological polar surface area (TPSA) is 27.3 Å². The van der Waals surface area contributed by atoms with E-state index in [0.29, 0.717) is 5.11 Å². The van der Waals surface area contributed by atoms with E-state index >= 15 is 0 Å². The van der Waals surface area contributed by atoms with E-state index in [0.717, 1.165) is 24.6 Å². The first-order chi connectivity index (χ1) is 9.74. The normalized spacial score (nSPS) is 19.6. The lowest BCUT2D eigenvalue weighted by molar-refractivity contribution is 0.182. The zero-order valence-electron chi connectivity index (χ0n) is 12.3. The van der Waals surface area contributed by atoms with Crippen LogP contribution >= 0.6 is 12.2 Å². The molecule has 0 spiro atoms. The zero-order valence-corrected chi connectivity index (χ0v) is 13.1. The van der Waals surface area contributed by atoms with Crippen LogP contribution in [0, 0.1) is 5.92 Å². The lowest BCUT2D eigenvalue weighted by atomic mass is 10.0. The van der Waals surface area contributed by atoms with E-state index in [1.807, 2.05) is 30.3 Å². The molecule has 2 N–H and O–H groups in total. The van der Waals surface area contributed by atoms with E-state index in [4.69, 9.17) is 12.2 Å². The summed E-state index contributed by atoms with van der Waals surface area (Å²) in [5.74, 6) is 0.859. The lowest BCUT2D eigenvalue weighted by Gasteiger charge is -2.30. The molecule has 0 aromatic heterocycles. The van der Waals surface area contributed by atoms with Crippen molar-refractivity contribution in [3.63, 3.8) is 0 Å². The number of benzene rings is 1. The fraction of sp³-hybridized carbons (Fsp3) is 0.562. The van der Waals surface area contributed by atoms with Crippen LogP contribution in [0.2, 0.25) is 0 Å². The molecule has 1 aliphatic rings. The fourth-order valence-corrected chi connectivity index (χ4v) is 2.91. The van der Waals surface area contributed by atoms with Crippen LogP contribution in [-0.4, -0.2) is 36.2 Å². The molecule has 0 amide bonds. The Kier molecular flexibility index (Phi) is 6.27. The Hall–Kier alpha value is -1.13. The maximum Gasteiger partial charge on any atom is 0.170 e. The Labute approximate surface area is 127 Å². The van der Waals surface area contributed by atoms with Crippen LogP contribution in [0.5, 0.6) is 0 Å². The van der Waals surface area contributed by atoms with Crippen LogP contribution in [0.4, 0.5) is 5.69 Å². The Morgan fingerprint density at radius 1 is 1.35 bits per heavy atom. The van der Waals surface area contributed by atoms with E-state index in [-0.39, 0.29) is 0 Å². The molecule has 3 nitrogen and oxygen atoms in total. The molecule has 1 atom stereocenters. The van der Waals surface area contributed by atoms with Gasteiger partial charge in [0.25, 0.3) is 0 Å². The van der Waals surface area contributed by atoms with Crippen LogP contribution in [0.25, 0.3) is 0 Å². The first-order valence-corrected chi connectivity index (χ1v) is 7.97. The maximum absolute atomic E-state index is 5.29. The monoisotopic (exact) mass is 291 g/mol. The molecule has 0 aliphatic carbocycles. The van der Waals surface area contributed by atoms with Crippen molar-refractivity contribution in [1.29, 1.82) is 0 Å². The Morgan fingerprint density at radius 3 is 2.90 bits per heavy atom. The minimum absolute atomic E-state index is 0.711. The number of thiocarbonyl (C=S) groups is 1. The third kappa shape index (κ3) is 5.47. The lowest BCUT2D eigenvalue weighted by Crippen LogP contribution is -2.37. The second-order valence-corrected chi connectivity index (χ2v) is 6.06. The van der Waals surface area contributed by atoms with Gasteiger partial charge in [0.05, 0.1) is 0 Å². The van der Waals surface area contributed by atoms with Gasteiger partial charge in [0, 0.05) is 18.8 Å². The van der Waals surface area contributed by atoms with Gasteiger partial charge in [0.2, 0.25) is 0 Å². The molecule has 0 radical (unpaired) electrons. The number of anilines is 1. The molecule has 0 saturated carbocycles. The number of likely N-dealkylation sites (tertiary alicyclic amines) is 1. The van der Waals surface area contributed by atoms with Gasteiger partial charge in [-0.05, 0) is 62.6 Å². The second-order valence-electron chi connectivity index (χ2n) is 5.65. The molecular formula is C16H25N3S. The minimum atomic E-state index is 0.711. The van der Waals surface area contributed by atoms with Crippen molar-refractivity contribution in [3.05, 3.63) is 30.3 Å². The highest BCUT2D eigenvalue weighted by Gasteiger charge is 2.15. The van der Waals surface area contributed by atoms with E-state index in [2.05, 4.69) is 22.5 Å². The third-order valence-electron chi connectivity index (χ3n) is 3.71. The quantitative estimate of drug-likeness (QED) is 0.644. The van der Waals surface area contributed by atoms with E-state index in [1.54, 1.807) is 0 Å². The maximum atomic E-state index is 5.29. The molecule has 20 heavy (non-hydrogen) atoms. The number of nitrogens with zero attached hydrogens (tertiary/aromatic N) is 1. The van der Waals surface area contributed by atoms with Gasteiger partial charge in [0.15, 0.2) is 5.11 Å². The van der Waals surface area contributed by atoms with Gasteiger partial charge in [-0.3, -0.25) is 0 Å². The van der Waals surface area contributed by atoms with Crippen LogP contribution < -0.4 is 10.6 Å². The molecule has 1 heterocycles. The summed E-state index contributed by atoms with van der Waals surface area (Å²) in [5, 5.41) is 7.18. The first kappa shape index (κ1) is 15.3. The van der Waals surface area contributed by atoms with Crippen molar-refractivity contribution in [1.82, 2.24) is 10.2 Å². The SMILES string of the molecule is C[C@H]1CCCN(CCCNC(=S)Nc2ccccc2)C1. The van der Waals surface area contributed by atoms with Crippen LogP contribution in [-0.2, 0) is 0 Å². The summed E-state index contributed by atoms with van der Waals surface area (Å²) in [5.41, 5.74) is 1.04. The molecule has 0 unspecified atom stereocenters. The first-order valence-electron chi connectivity index (χ1n) is 7.56. The molecule has 2 rings (SSSR count). The highest BCUT2D eigenvalue weighted by molar-refractivity contribution is 7.80. The average molecular weight is 291 g/mol. The third-order valence-corrected chi connectivity index (χ3v) is 3.96. The molecule has 0 bridgehead atoms. The van der Waals surface area contributed by atoms with Gasteiger partial charge in [-0.1, -0.05) is 25.1 Å². The Morgan fingerprint density at radius 2 is 2.15 bits per heavy atom. The van der Waals surface area contributed by atoms with Gasteiger partial charge in [-0.25, -0.2) is 0 Å². The van der Waals surface area contributed by atoms with E-state index in [1.165, 1.54) is 32.5 Å². The number of hydrogen-bond acceptors (Lipinski definition) is 2. The average Bonchev–Trinajstić information content (AvgIpc) is 2.45. The predicted octanol–water partition coefficient (Wildman–Crippen LogP) is 3.10. The Balaban J connectivity index is 1.57. The fourth-order valence-electron chi connectivity index (χ4n) is 2.69. The van der Waals surface area contributed by atoms with Crippen molar-refractivity contribution in [2.24, 2.45) is 5.92 Å². The number of para-hydroxylation sites is 1. The number of nitrogens with one attached hydrogen (secondary N) is 2. The molecule has 1 saturated heterocycles. The van der Waals surface area contributed by atoms with E-state index in [9.17, 15) is 0 Å². The van der Waals surface area contributed by atoms with Gasteiger partial charge in [0.1, 0.15) is 0 Å². The summed E-state index contributed by atoms with van der Waals surface area (Å²) in [7, 11) is 0. The second kappa shape index (κ2) is 8.22. The standard InChI is InChI=1S/C16H25N3S/c1-14-7-5-11-19(13-14)12-6-10-17-16(20)18-15-8-3-2-4-9-15/h2-4,8-9,14H,5-7,10-13H2,1H3,(H2,17,18,20)/t14-/m0/s1. The van der Waals surface area contributed by atoms with Crippen molar-refractivity contribution in [2.45, 2.75) is 26.2 Å². The molecule has 1 fully saturated rings. The predicted molar refractivity (Wildman–Crippen MR) is 90.1 cm³/mol. The molecular weight excluding hydrogens is 266 g/mol. The highest BCUT2D eigenvalue weighted by Crippen LogP contribution is 2.15. The number of piperidine rings is 1. The summed E-state index contributed by atoms with van der Waals surface area (Å²) >= 11 is 5.29. The van der Waals surface area contributed by atoms with Gasteiger partial charge in [-0.15, -0.1) is 0 Å². The van der Waals surface area contributed by atoms with Gasteiger partial charge >= 0.3 is 0 Å². The van der Waals surface area contributed by atoms with Gasteiger partial charge < -0.3 is 15.5 Å². The van der Waals surface area contributed by atoms with Gasteiger partial charge in [-0.2, -0.15) is 0 Å². The molecule has 1 aromatic carbocycles. The zero-order chi connectivity index (χ0) is 14.2. The Bertz CT molecular complexity index is 407. The van der Waals surface area contributed by atoms with Crippen molar-refractivity contribution < 1.29 is 0 Å². The van der Waals surface area contributed by atoms with Crippen LogP contribution in [0.3, 0.4) is 0 Å². The smallest absolute Gasteiger partial charge is 0.170 e. The molecule has 1 aliphatic heterocycles. The summed E-state index contributed by atoms with van der Waals surface area (Å²) in [6.45, 7) is 6.97. The highest BCUT2D eigenvalue weighted by atomic mass is 32.1. The van der Waals surface area contributed by atoms with Crippen LogP contribution in [0.15, 0.2) is 30.3 Å². The van der Waals surface area contributed by atoms with Crippen molar-refractivity contribution in [3.8, 4) is 0 Å². The summed E-state index contributed by atoms with van der Waals surface area (Å²) in [4.78, 5) is 2.57. The van der Waals surface area contributed by atoms with E-state index < -0.39 is 0 Å². The number of rotatable bonds is 5. The largest absolute Gasteiger partial charge is 0.362 e. The summed E-state index contributed by atoms with van der Waals surface area (Å²) in [6.07, 6.45) is 3.88. The minimum Gasteiger partial charge on any atom is -0.362 e. The molecule has 110 valence electrons. The van der Waals surface area contributed by atoms with Crippen LogP contribution in [0.1, 0.15) is 26.2 Å². The molecule has 4 heteroatoms. The summed E-state index contributed by atoms with van der Waals surface area (Å²) < 4.78 is 0. The summed E-state index contributed by atoms with van der Waals surface area (Å²) in [6, 6.07) is 10.0. The molecule has 1 aromatic rings. The van der Waals surface area contributed by atoms with Crippen molar-refractivity contribution in [2.75, 3.05) is 31.5 Å².